The Labute approximate surface area is 195 Å². The molecular formula is C24H16BrF3N2O3. The molecule has 0 saturated carbocycles. The van der Waals surface area contributed by atoms with Gasteiger partial charge in [-0.05, 0) is 48.0 Å². The summed E-state index contributed by atoms with van der Waals surface area (Å²) in [5.74, 6) is -2.21. The number of alkyl halides is 3. The minimum atomic E-state index is -4.60. The molecule has 0 aliphatic carbocycles. The summed E-state index contributed by atoms with van der Waals surface area (Å²) >= 11 is 3.39. The van der Waals surface area contributed by atoms with Gasteiger partial charge >= 0.3 is 6.18 Å². The zero-order valence-corrected chi connectivity index (χ0v) is 18.5. The average molecular weight is 517 g/mol. The van der Waals surface area contributed by atoms with Crippen molar-refractivity contribution in [1.29, 1.82) is 0 Å². The number of imide groups is 1. The van der Waals surface area contributed by atoms with Crippen LogP contribution in [-0.4, -0.2) is 17.9 Å². The molecule has 3 aromatic carbocycles. The van der Waals surface area contributed by atoms with Crippen LogP contribution in [0.15, 0.2) is 83.3 Å². The number of hydrogen-bond acceptors (Lipinski definition) is 4. The lowest BCUT2D eigenvalue weighted by molar-refractivity contribution is -0.137. The van der Waals surface area contributed by atoms with Crippen molar-refractivity contribution in [2.45, 2.75) is 18.3 Å². The van der Waals surface area contributed by atoms with Crippen LogP contribution in [0.3, 0.4) is 0 Å². The first-order valence-electron chi connectivity index (χ1n) is 10.1. The number of amides is 2. The topological polar surface area (TPSA) is 49.9 Å². The lowest BCUT2D eigenvalue weighted by Gasteiger charge is -2.29. The fraction of sp³-hybridized carbons (Fsp3) is 0.167. The van der Waals surface area contributed by atoms with Crippen LogP contribution in [0.4, 0.5) is 24.5 Å². The Balaban J connectivity index is 1.57. The van der Waals surface area contributed by atoms with Gasteiger partial charge in [0.25, 0.3) is 5.91 Å². The lowest BCUT2D eigenvalue weighted by atomic mass is 9.90. The van der Waals surface area contributed by atoms with E-state index in [9.17, 15) is 22.8 Å². The first-order chi connectivity index (χ1) is 15.8. The molecule has 5 rings (SSSR count). The third-order valence-corrected chi connectivity index (χ3v) is 6.30. The molecule has 33 heavy (non-hydrogen) atoms. The molecule has 3 atom stereocenters. The summed E-state index contributed by atoms with van der Waals surface area (Å²) in [6, 6.07) is 19.9. The van der Waals surface area contributed by atoms with E-state index in [2.05, 4.69) is 15.9 Å². The van der Waals surface area contributed by atoms with Crippen LogP contribution >= 0.6 is 15.9 Å². The van der Waals surface area contributed by atoms with E-state index < -0.39 is 41.6 Å². The quantitative estimate of drug-likeness (QED) is 0.430. The van der Waals surface area contributed by atoms with E-state index in [0.29, 0.717) is 5.69 Å². The highest BCUT2D eigenvalue weighted by molar-refractivity contribution is 9.10. The van der Waals surface area contributed by atoms with E-state index in [-0.39, 0.29) is 5.69 Å². The first-order valence-corrected chi connectivity index (χ1v) is 10.9. The fourth-order valence-electron chi connectivity index (χ4n) is 4.29. The van der Waals surface area contributed by atoms with Gasteiger partial charge in [0.2, 0.25) is 5.91 Å². The number of fused-ring (bicyclic) bond motifs is 1. The fourth-order valence-corrected chi connectivity index (χ4v) is 4.55. The number of anilines is 2. The van der Waals surface area contributed by atoms with Crippen LogP contribution < -0.4 is 9.96 Å². The molecule has 0 aromatic heterocycles. The largest absolute Gasteiger partial charge is 0.416 e. The van der Waals surface area contributed by atoms with Gasteiger partial charge in [0.05, 0.1) is 23.0 Å². The van der Waals surface area contributed by atoms with Gasteiger partial charge in [0.1, 0.15) is 5.92 Å². The summed E-state index contributed by atoms with van der Waals surface area (Å²) in [5, 5.41) is 1.54. The molecular weight excluding hydrogens is 501 g/mol. The lowest BCUT2D eigenvalue weighted by Crippen LogP contribution is -2.37. The predicted octanol–water partition coefficient (Wildman–Crippen LogP) is 5.52. The third kappa shape index (κ3) is 3.71. The molecule has 2 saturated heterocycles. The van der Waals surface area contributed by atoms with Crippen molar-refractivity contribution in [3.63, 3.8) is 0 Å². The number of nitrogens with zero attached hydrogens (tertiary/aromatic N) is 2. The molecule has 3 aromatic rings. The van der Waals surface area contributed by atoms with Crippen LogP contribution in [0.2, 0.25) is 0 Å². The molecule has 2 fully saturated rings. The van der Waals surface area contributed by atoms with Gasteiger partial charge in [-0.2, -0.15) is 13.2 Å². The summed E-state index contributed by atoms with van der Waals surface area (Å²) < 4.78 is 40.5. The van der Waals surface area contributed by atoms with E-state index >= 15 is 0 Å². The Hall–Kier alpha value is -3.17. The zero-order chi connectivity index (χ0) is 23.3. The molecule has 2 aliphatic rings. The first kappa shape index (κ1) is 21.7. The summed E-state index contributed by atoms with van der Waals surface area (Å²) in [5.41, 5.74) is 0.334. The van der Waals surface area contributed by atoms with Crippen molar-refractivity contribution in [3.05, 3.63) is 94.5 Å². The van der Waals surface area contributed by atoms with Crippen molar-refractivity contribution in [1.82, 2.24) is 0 Å². The molecule has 168 valence electrons. The van der Waals surface area contributed by atoms with Crippen LogP contribution in [0.5, 0.6) is 0 Å². The van der Waals surface area contributed by atoms with Gasteiger partial charge in [0.15, 0.2) is 6.10 Å². The van der Waals surface area contributed by atoms with E-state index in [1.807, 2.05) is 42.5 Å². The number of rotatable bonds is 3. The van der Waals surface area contributed by atoms with Crippen molar-refractivity contribution >= 4 is 39.1 Å². The normalized spacial score (nSPS) is 22.7. The standard InChI is InChI=1S/C24H16BrF3N2O3/c25-16-11-9-14(10-12-16)20-19-21(33-30(20)17-6-2-1-3-7-17)23(32)29(22(19)31)18-8-4-5-15(13-18)24(26,27)28/h1-13,19-21H/t19-,20+,21+/m0/s1. The van der Waals surface area contributed by atoms with Gasteiger partial charge in [-0.25, -0.2) is 9.96 Å². The smallest absolute Gasteiger partial charge is 0.273 e. The van der Waals surface area contributed by atoms with Crippen molar-refractivity contribution in [2.24, 2.45) is 5.92 Å². The summed E-state index contributed by atoms with van der Waals surface area (Å²) in [6.07, 6.45) is -5.75. The van der Waals surface area contributed by atoms with Gasteiger partial charge < -0.3 is 0 Å². The summed E-state index contributed by atoms with van der Waals surface area (Å²) in [4.78, 5) is 33.5. The highest BCUT2D eigenvalue weighted by Crippen LogP contribution is 2.48. The van der Waals surface area contributed by atoms with Gasteiger partial charge in [0, 0.05) is 4.47 Å². The summed E-state index contributed by atoms with van der Waals surface area (Å²) in [6.45, 7) is 0. The minimum absolute atomic E-state index is 0.126. The second-order valence-corrected chi connectivity index (χ2v) is 8.69. The Morgan fingerprint density at radius 2 is 1.48 bits per heavy atom. The predicted molar refractivity (Wildman–Crippen MR) is 118 cm³/mol. The Kier molecular flexibility index (Phi) is 5.25. The second-order valence-electron chi connectivity index (χ2n) is 7.77. The SMILES string of the molecule is O=C1[C@H]2[C@@H](c3ccc(Br)cc3)N(c3ccccc3)O[C@H]2C(=O)N1c1cccc(C(F)(F)F)c1. The number of carbonyl (C=O) groups excluding carboxylic acids is 2. The van der Waals surface area contributed by atoms with E-state index in [0.717, 1.165) is 27.1 Å². The second kappa shape index (κ2) is 8.00. The minimum Gasteiger partial charge on any atom is -0.273 e. The Morgan fingerprint density at radius 3 is 2.15 bits per heavy atom. The number of carbonyl (C=O) groups is 2. The van der Waals surface area contributed by atoms with Crippen LogP contribution in [-0.2, 0) is 20.6 Å². The number of para-hydroxylation sites is 1. The summed E-state index contributed by atoms with van der Waals surface area (Å²) in [7, 11) is 0. The number of hydrogen-bond donors (Lipinski definition) is 0. The van der Waals surface area contributed by atoms with Crippen molar-refractivity contribution < 1.29 is 27.6 Å². The van der Waals surface area contributed by atoms with Gasteiger partial charge in [-0.3, -0.25) is 14.4 Å². The Bertz CT molecular complexity index is 1220. The highest BCUT2D eigenvalue weighted by atomic mass is 79.9. The number of benzene rings is 3. The average Bonchev–Trinajstić information content (AvgIpc) is 3.30. The van der Waals surface area contributed by atoms with Crippen LogP contribution in [0.1, 0.15) is 17.2 Å². The molecule has 2 aliphatic heterocycles. The maximum absolute atomic E-state index is 13.5. The van der Waals surface area contributed by atoms with E-state index in [1.165, 1.54) is 17.2 Å². The van der Waals surface area contributed by atoms with Gasteiger partial charge in [-0.15, -0.1) is 0 Å². The molecule has 2 heterocycles. The van der Waals surface area contributed by atoms with Gasteiger partial charge in [-0.1, -0.05) is 52.3 Å². The molecule has 2 amide bonds. The van der Waals surface area contributed by atoms with Crippen LogP contribution in [0.25, 0.3) is 0 Å². The monoisotopic (exact) mass is 516 g/mol. The third-order valence-electron chi connectivity index (χ3n) is 5.77. The molecule has 0 unspecified atom stereocenters. The van der Waals surface area contributed by atoms with Crippen molar-refractivity contribution in [3.8, 4) is 0 Å². The maximum atomic E-state index is 13.5. The maximum Gasteiger partial charge on any atom is 0.416 e. The molecule has 9 heteroatoms. The molecule has 0 N–H and O–H groups in total. The molecule has 0 bridgehead atoms. The zero-order valence-electron chi connectivity index (χ0n) is 16.9. The van der Waals surface area contributed by atoms with Crippen LogP contribution in [0, 0.1) is 5.92 Å². The Morgan fingerprint density at radius 1 is 0.818 bits per heavy atom. The van der Waals surface area contributed by atoms with E-state index in [1.54, 1.807) is 12.1 Å². The molecule has 0 radical (unpaired) electrons. The van der Waals surface area contributed by atoms with Crippen molar-refractivity contribution in [2.75, 3.05) is 9.96 Å². The molecule has 5 nitrogen and oxygen atoms in total. The number of hydroxylamine groups is 1. The number of halogens is 4. The molecule has 0 spiro atoms. The van der Waals surface area contributed by atoms with E-state index in [4.69, 9.17) is 4.84 Å². The highest BCUT2D eigenvalue weighted by Gasteiger charge is 2.60.